The lowest BCUT2D eigenvalue weighted by Crippen LogP contribution is -2.35. The zero-order valence-corrected chi connectivity index (χ0v) is 12.6. The number of aliphatic imine (C=N–C) groups is 1. The highest BCUT2D eigenvalue weighted by atomic mass is 35.5. The van der Waals surface area contributed by atoms with Gasteiger partial charge in [-0.2, -0.15) is 13.2 Å². The summed E-state index contributed by atoms with van der Waals surface area (Å²) in [4.78, 5) is 7.53. The molecule has 0 amide bonds. The molecular weight excluding hydrogens is 321 g/mol. The van der Waals surface area contributed by atoms with E-state index in [-0.39, 0.29) is 23.5 Å². The molecule has 3 N–H and O–H groups in total. The first-order valence-corrected chi connectivity index (χ1v) is 6.61. The Bertz CT molecular complexity index is 561. The molecule has 9 heteroatoms. The summed E-state index contributed by atoms with van der Waals surface area (Å²) in [6.07, 6.45) is -3.83. The summed E-state index contributed by atoms with van der Waals surface area (Å²) in [6, 6.07) is 0.764. The molecule has 22 heavy (non-hydrogen) atoms. The van der Waals surface area contributed by atoms with Crippen molar-refractivity contribution in [2.75, 3.05) is 19.7 Å². The molecule has 0 atom stereocenters. The average molecular weight is 337 g/mol. The van der Waals surface area contributed by atoms with Crippen molar-refractivity contribution in [2.45, 2.75) is 13.1 Å². The largest absolute Gasteiger partial charge is 0.475 e. The molecular formula is C13H16ClF3N4O. The molecule has 0 aliphatic rings. The molecule has 0 unspecified atom stereocenters. The lowest BCUT2D eigenvalue weighted by atomic mass is 10.3. The van der Waals surface area contributed by atoms with E-state index in [0.29, 0.717) is 19.3 Å². The number of hydrogen-bond donors (Lipinski definition) is 2. The van der Waals surface area contributed by atoms with Crippen LogP contribution in [-0.4, -0.2) is 30.6 Å². The molecule has 0 bridgehead atoms. The van der Waals surface area contributed by atoms with E-state index in [1.807, 2.05) is 6.92 Å². The number of ether oxygens (including phenoxy) is 1. The number of hydrogen-bond acceptors (Lipinski definition) is 3. The summed E-state index contributed by atoms with van der Waals surface area (Å²) in [5, 5.41) is 2.56. The number of nitrogens with one attached hydrogen (secondary N) is 1. The Balaban J connectivity index is 2.46. The van der Waals surface area contributed by atoms with Crippen molar-refractivity contribution in [3.8, 4) is 5.88 Å². The lowest BCUT2D eigenvalue weighted by molar-refractivity contribution is -0.137. The molecule has 0 radical (unpaired) electrons. The zero-order valence-electron chi connectivity index (χ0n) is 11.9. The van der Waals surface area contributed by atoms with Crippen molar-refractivity contribution < 1.29 is 17.9 Å². The van der Waals surface area contributed by atoms with Crippen LogP contribution in [0.15, 0.2) is 29.4 Å². The van der Waals surface area contributed by atoms with E-state index in [4.69, 9.17) is 22.1 Å². The molecule has 0 aromatic carbocycles. The topological polar surface area (TPSA) is 72.5 Å². The van der Waals surface area contributed by atoms with Gasteiger partial charge in [0.15, 0.2) is 5.96 Å². The maximum absolute atomic E-state index is 12.4. The second kappa shape index (κ2) is 7.88. The number of nitrogens with two attached hydrogens (primary N) is 1. The van der Waals surface area contributed by atoms with Gasteiger partial charge in [-0.05, 0) is 13.0 Å². The second-order valence-corrected chi connectivity index (χ2v) is 4.85. The van der Waals surface area contributed by atoms with Crippen molar-refractivity contribution >= 4 is 17.6 Å². The summed E-state index contributed by atoms with van der Waals surface area (Å²) >= 11 is 5.70. The van der Waals surface area contributed by atoms with Crippen molar-refractivity contribution in [3.63, 3.8) is 0 Å². The van der Waals surface area contributed by atoms with Crippen LogP contribution in [0.1, 0.15) is 12.5 Å². The molecule has 1 aromatic heterocycles. The van der Waals surface area contributed by atoms with Crippen molar-refractivity contribution in [1.82, 2.24) is 10.3 Å². The van der Waals surface area contributed by atoms with E-state index in [2.05, 4.69) is 21.9 Å². The Morgan fingerprint density at radius 2 is 2.23 bits per heavy atom. The first-order chi connectivity index (χ1) is 10.2. The minimum Gasteiger partial charge on any atom is -0.475 e. The number of nitrogens with zero attached hydrogens (tertiary/aromatic N) is 2. The van der Waals surface area contributed by atoms with Crippen LogP contribution in [0.25, 0.3) is 0 Å². The third-order valence-corrected chi connectivity index (χ3v) is 2.57. The Morgan fingerprint density at radius 3 is 2.77 bits per heavy atom. The summed E-state index contributed by atoms with van der Waals surface area (Å²) in [5.41, 5.74) is 5.51. The third-order valence-electron chi connectivity index (χ3n) is 2.30. The van der Waals surface area contributed by atoms with Crippen LogP contribution in [0.4, 0.5) is 13.2 Å². The summed E-state index contributed by atoms with van der Waals surface area (Å²) in [6.45, 7) is 6.31. The van der Waals surface area contributed by atoms with Gasteiger partial charge in [0.1, 0.15) is 11.6 Å². The van der Waals surface area contributed by atoms with Gasteiger partial charge in [0.2, 0.25) is 5.88 Å². The third kappa shape index (κ3) is 6.21. The van der Waals surface area contributed by atoms with E-state index >= 15 is 0 Å². The minimum atomic E-state index is -4.50. The number of alkyl halides is 3. The Labute approximate surface area is 131 Å². The Morgan fingerprint density at radius 1 is 1.55 bits per heavy atom. The molecule has 1 rings (SSSR count). The van der Waals surface area contributed by atoms with Crippen LogP contribution in [0.3, 0.4) is 0 Å². The SMILES string of the molecule is C=C(C)CN=C(N)NCCOc1ncc(C(F)(F)F)cc1Cl. The smallest absolute Gasteiger partial charge is 0.417 e. The molecule has 1 heterocycles. The van der Waals surface area contributed by atoms with E-state index < -0.39 is 11.7 Å². The minimum absolute atomic E-state index is 0.0751. The summed E-state index contributed by atoms with van der Waals surface area (Å²) in [7, 11) is 0. The predicted octanol–water partition coefficient (Wildman–Crippen LogP) is 2.61. The standard InChI is InChI=1S/C13H16ClF3N4O/c1-8(2)6-21-12(18)19-3-4-22-11-10(14)5-9(7-20-11)13(15,16)17/h5,7H,1,3-4,6H2,2H3,(H3,18,19,21). The van der Waals surface area contributed by atoms with Gasteiger partial charge < -0.3 is 15.8 Å². The normalized spacial score (nSPS) is 12.1. The lowest BCUT2D eigenvalue weighted by Gasteiger charge is -2.11. The predicted molar refractivity (Wildman–Crippen MR) is 79.1 cm³/mol. The second-order valence-electron chi connectivity index (χ2n) is 4.44. The van der Waals surface area contributed by atoms with Crippen LogP contribution >= 0.6 is 11.6 Å². The number of rotatable bonds is 6. The number of aromatic nitrogens is 1. The van der Waals surface area contributed by atoms with E-state index in [9.17, 15) is 13.2 Å². The molecule has 5 nitrogen and oxygen atoms in total. The van der Waals surface area contributed by atoms with Gasteiger partial charge in [0.25, 0.3) is 0 Å². The molecule has 0 spiro atoms. The first kappa shape index (κ1) is 18.1. The molecule has 1 aromatic rings. The molecule has 0 saturated carbocycles. The highest BCUT2D eigenvalue weighted by molar-refractivity contribution is 6.31. The fraction of sp³-hybridized carbons (Fsp3) is 0.385. The molecule has 0 saturated heterocycles. The maximum Gasteiger partial charge on any atom is 0.417 e. The fourth-order valence-corrected chi connectivity index (χ4v) is 1.51. The Hall–Kier alpha value is -1.96. The highest BCUT2D eigenvalue weighted by Crippen LogP contribution is 2.32. The monoisotopic (exact) mass is 336 g/mol. The first-order valence-electron chi connectivity index (χ1n) is 6.24. The average Bonchev–Trinajstić information content (AvgIpc) is 2.41. The van der Waals surface area contributed by atoms with Gasteiger partial charge in [0, 0.05) is 6.20 Å². The van der Waals surface area contributed by atoms with Gasteiger partial charge >= 0.3 is 6.18 Å². The summed E-state index contributed by atoms with van der Waals surface area (Å²) < 4.78 is 42.5. The number of halogens is 4. The Kier molecular flexibility index (Phi) is 6.48. The fourth-order valence-electron chi connectivity index (χ4n) is 1.29. The quantitative estimate of drug-likeness (QED) is 0.362. The van der Waals surface area contributed by atoms with Gasteiger partial charge in [-0.3, -0.25) is 0 Å². The molecule has 0 aliphatic heterocycles. The van der Waals surface area contributed by atoms with Crippen LogP contribution in [0.2, 0.25) is 5.02 Å². The van der Waals surface area contributed by atoms with Crippen LogP contribution in [0, 0.1) is 0 Å². The van der Waals surface area contributed by atoms with E-state index in [1.54, 1.807) is 0 Å². The number of guanidine groups is 1. The molecule has 122 valence electrons. The summed E-state index contributed by atoms with van der Waals surface area (Å²) in [5.74, 6) is 0.145. The zero-order chi connectivity index (χ0) is 16.8. The van der Waals surface area contributed by atoms with Gasteiger partial charge in [-0.1, -0.05) is 23.8 Å². The van der Waals surface area contributed by atoms with Crippen LogP contribution < -0.4 is 15.8 Å². The van der Waals surface area contributed by atoms with E-state index in [0.717, 1.165) is 11.6 Å². The highest BCUT2D eigenvalue weighted by Gasteiger charge is 2.31. The van der Waals surface area contributed by atoms with Crippen LogP contribution in [0.5, 0.6) is 5.88 Å². The van der Waals surface area contributed by atoms with Crippen molar-refractivity contribution in [2.24, 2.45) is 10.7 Å². The maximum atomic E-state index is 12.4. The molecule has 0 fully saturated rings. The van der Waals surface area contributed by atoms with Gasteiger partial charge in [0.05, 0.1) is 18.7 Å². The molecule has 0 aliphatic carbocycles. The van der Waals surface area contributed by atoms with Crippen molar-refractivity contribution in [1.29, 1.82) is 0 Å². The van der Waals surface area contributed by atoms with Crippen molar-refractivity contribution in [3.05, 3.63) is 35.0 Å². The number of pyridine rings is 1. The van der Waals surface area contributed by atoms with Crippen LogP contribution in [-0.2, 0) is 6.18 Å². The van der Waals surface area contributed by atoms with E-state index in [1.165, 1.54) is 0 Å². The van der Waals surface area contributed by atoms with Gasteiger partial charge in [-0.15, -0.1) is 0 Å². The van der Waals surface area contributed by atoms with Gasteiger partial charge in [-0.25, -0.2) is 9.98 Å².